The fourth-order valence-corrected chi connectivity index (χ4v) is 1.95. The van der Waals surface area contributed by atoms with E-state index in [0.29, 0.717) is 11.3 Å². The van der Waals surface area contributed by atoms with E-state index in [-0.39, 0.29) is 16.6 Å². The van der Waals surface area contributed by atoms with E-state index in [2.05, 4.69) is 9.97 Å². The first kappa shape index (κ1) is 15.4. The number of ether oxygens (including phenoxy) is 2. The second-order valence-corrected chi connectivity index (χ2v) is 4.33. The van der Waals surface area contributed by atoms with E-state index < -0.39 is 12.0 Å². The summed E-state index contributed by atoms with van der Waals surface area (Å²) in [7, 11) is 2.81. The highest BCUT2D eigenvalue weighted by atomic mass is 35.5. The van der Waals surface area contributed by atoms with Crippen LogP contribution in [0.4, 0.5) is 13.2 Å². The summed E-state index contributed by atoms with van der Waals surface area (Å²) in [5, 5.41) is -0.308. The lowest BCUT2D eigenvalue weighted by molar-refractivity contribution is -0.144. The summed E-state index contributed by atoms with van der Waals surface area (Å²) < 4.78 is 48.5. The Morgan fingerprint density at radius 3 is 2.38 bits per heavy atom. The number of alkyl halides is 3. The van der Waals surface area contributed by atoms with E-state index in [1.165, 1.54) is 20.3 Å². The van der Waals surface area contributed by atoms with E-state index in [4.69, 9.17) is 21.1 Å². The molecule has 8 heteroatoms. The Bertz CT molecular complexity index is 662. The molecule has 1 aromatic carbocycles. The number of hydrogen-bond acceptors (Lipinski definition) is 4. The molecular weight excluding hydrogens is 309 g/mol. The molecule has 21 heavy (non-hydrogen) atoms. The van der Waals surface area contributed by atoms with Crippen molar-refractivity contribution >= 4 is 11.6 Å². The second-order valence-electron chi connectivity index (χ2n) is 3.94. The Morgan fingerprint density at radius 2 is 1.81 bits per heavy atom. The molecule has 0 N–H and O–H groups in total. The summed E-state index contributed by atoms with van der Waals surface area (Å²) in [6.07, 6.45) is -4.69. The quantitative estimate of drug-likeness (QED) is 0.807. The molecule has 1 aromatic heterocycles. The van der Waals surface area contributed by atoms with Crippen molar-refractivity contribution in [3.8, 4) is 22.8 Å². The molecule has 0 spiro atoms. The molecule has 4 nitrogen and oxygen atoms in total. The summed E-state index contributed by atoms with van der Waals surface area (Å²) in [4.78, 5) is 6.69. The molecule has 0 aliphatic heterocycles. The molecule has 0 aliphatic rings. The van der Waals surface area contributed by atoms with Crippen molar-refractivity contribution < 1.29 is 22.6 Å². The Labute approximate surface area is 123 Å². The number of rotatable bonds is 3. The first-order valence-corrected chi connectivity index (χ1v) is 6.07. The fourth-order valence-electron chi connectivity index (χ4n) is 1.77. The van der Waals surface area contributed by atoms with Gasteiger partial charge in [-0.1, -0.05) is 17.7 Å². The minimum atomic E-state index is -4.69. The number of aromatic nitrogens is 2. The van der Waals surface area contributed by atoms with Crippen LogP contribution >= 0.6 is 11.6 Å². The maximum atomic E-state index is 12.8. The summed E-state index contributed by atoms with van der Waals surface area (Å²) in [5.41, 5.74) is 0.324. The normalized spacial score (nSPS) is 11.3. The zero-order valence-electron chi connectivity index (χ0n) is 11.0. The molecule has 0 radical (unpaired) electrons. The number of halogens is 4. The largest absolute Gasteiger partial charge is 0.493 e. The minimum Gasteiger partial charge on any atom is -0.493 e. The van der Waals surface area contributed by atoms with Crippen molar-refractivity contribution in [3.63, 3.8) is 0 Å². The van der Waals surface area contributed by atoms with E-state index in [1.807, 2.05) is 0 Å². The van der Waals surface area contributed by atoms with Crippen LogP contribution in [0.1, 0.15) is 5.82 Å². The molecule has 0 atom stereocenters. The molecule has 0 saturated heterocycles. The number of benzene rings is 1. The predicted molar refractivity (Wildman–Crippen MR) is 70.6 cm³/mol. The van der Waals surface area contributed by atoms with Crippen LogP contribution in [0.2, 0.25) is 5.15 Å². The van der Waals surface area contributed by atoms with Gasteiger partial charge < -0.3 is 9.47 Å². The number of para-hydroxylation sites is 1. The van der Waals surface area contributed by atoms with Crippen LogP contribution < -0.4 is 9.47 Å². The SMILES string of the molecule is COc1cccc(-c2cc(Cl)nc(C(F)(F)F)n2)c1OC. The van der Waals surface area contributed by atoms with Crippen LogP contribution in [0.3, 0.4) is 0 Å². The van der Waals surface area contributed by atoms with Gasteiger partial charge in [0.2, 0.25) is 5.82 Å². The summed E-state index contributed by atoms with van der Waals surface area (Å²) in [5.74, 6) is -0.670. The van der Waals surface area contributed by atoms with Crippen LogP contribution in [0.25, 0.3) is 11.3 Å². The van der Waals surface area contributed by atoms with E-state index in [0.717, 1.165) is 0 Å². The van der Waals surface area contributed by atoms with E-state index in [1.54, 1.807) is 18.2 Å². The van der Waals surface area contributed by atoms with Crippen molar-refractivity contribution in [3.05, 3.63) is 35.2 Å². The fraction of sp³-hybridized carbons (Fsp3) is 0.231. The van der Waals surface area contributed by atoms with Gasteiger partial charge in [-0.05, 0) is 12.1 Å². The van der Waals surface area contributed by atoms with Crippen molar-refractivity contribution in [2.45, 2.75) is 6.18 Å². The minimum absolute atomic E-state index is 0.00178. The monoisotopic (exact) mass is 318 g/mol. The second kappa shape index (κ2) is 5.77. The van der Waals surface area contributed by atoms with Gasteiger partial charge in [0.05, 0.1) is 19.9 Å². The third-order valence-corrected chi connectivity index (χ3v) is 2.82. The van der Waals surface area contributed by atoms with Crippen LogP contribution in [-0.2, 0) is 6.18 Å². The molecule has 112 valence electrons. The molecule has 1 heterocycles. The Hall–Kier alpha value is -2.02. The highest BCUT2D eigenvalue weighted by molar-refractivity contribution is 6.29. The molecule has 0 saturated carbocycles. The smallest absolute Gasteiger partial charge is 0.451 e. The highest BCUT2D eigenvalue weighted by Gasteiger charge is 2.35. The maximum absolute atomic E-state index is 12.8. The average Bonchev–Trinajstić information content (AvgIpc) is 2.44. The summed E-state index contributed by atoms with van der Waals surface area (Å²) >= 11 is 5.65. The van der Waals surface area contributed by atoms with Gasteiger partial charge in [0.1, 0.15) is 5.15 Å². The molecule has 0 amide bonds. The molecule has 2 rings (SSSR count). The number of hydrogen-bond donors (Lipinski definition) is 0. The van der Waals surface area contributed by atoms with Gasteiger partial charge in [-0.25, -0.2) is 9.97 Å². The molecule has 0 aliphatic carbocycles. The van der Waals surface area contributed by atoms with Crippen molar-refractivity contribution in [1.82, 2.24) is 9.97 Å². The van der Waals surface area contributed by atoms with Gasteiger partial charge >= 0.3 is 6.18 Å². The van der Waals surface area contributed by atoms with Gasteiger partial charge in [0.15, 0.2) is 11.5 Å². The first-order valence-electron chi connectivity index (χ1n) is 5.70. The van der Waals surface area contributed by atoms with E-state index in [9.17, 15) is 13.2 Å². The summed E-state index contributed by atoms with van der Waals surface area (Å²) in [6, 6.07) is 6.02. The highest BCUT2D eigenvalue weighted by Crippen LogP contribution is 2.38. The van der Waals surface area contributed by atoms with E-state index >= 15 is 0 Å². The van der Waals surface area contributed by atoms with Crippen molar-refractivity contribution in [1.29, 1.82) is 0 Å². The molecular formula is C13H10ClF3N2O2. The van der Waals surface area contributed by atoms with Crippen LogP contribution in [0, 0.1) is 0 Å². The molecule has 0 unspecified atom stereocenters. The Morgan fingerprint density at radius 1 is 1.10 bits per heavy atom. The lowest BCUT2D eigenvalue weighted by Gasteiger charge is -2.13. The molecule has 0 fully saturated rings. The van der Waals surface area contributed by atoms with Gasteiger partial charge in [-0.3, -0.25) is 0 Å². The Balaban J connectivity index is 2.65. The maximum Gasteiger partial charge on any atom is 0.451 e. The lowest BCUT2D eigenvalue weighted by atomic mass is 10.1. The predicted octanol–water partition coefficient (Wildman–Crippen LogP) is 3.83. The average molecular weight is 319 g/mol. The van der Waals surface area contributed by atoms with Crippen LogP contribution in [-0.4, -0.2) is 24.2 Å². The van der Waals surface area contributed by atoms with Crippen LogP contribution in [0.5, 0.6) is 11.5 Å². The zero-order valence-corrected chi connectivity index (χ0v) is 11.8. The third kappa shape index (κ3) is 3.18. The molecule has 0 bridgehead atoms. The lowest BCUT2D eigenvalue weighted by Crippen LogP contribution is -2.11. The van der Waals surface area contributed by atoms with Crippen LogP contribution in [0.15, 0.2) is 24.3 Å². The molecule has 2 aromatic rings. The number of methoxy groups -OCH3 is 2. The first-order chi connectivity index (χ1) is 9.86. The van der Waals surface area contributed by atoms with Gasteiger partial charge in [0, 0.05) is 11.6 Å². The number of nitrogens with zero attached hydrogens (tertiary/aromatic N) is 2. The van der Waals surface area contributed by atoms with Gasteiger partial charge in [0.25, 0.3) is 0 Å². The van der Waals surface area contributed by atoms with Crippen molar-refractivity contribution in [2.75, 3.05) is 14.2 Å². The Kier molecular flexibility index (Phi) is 4.22. The topological polar surface area (TPSA) is 44.2 Å². The van der Waals surface area contributed by atoms with Gasteiger partial charge in [-0.15, -0.1) is 0 Å². The standard InChI is InChI=1S/C13H10ClF3N2O2/c1-20-9-5-3-4-7(11(9)21-2)8-6-10(14)19-12(18-8)13(15,16)17/h3-6H,1-2H3. The third-order valence-electron chi connectivity index (χ3n) is 2.63. The van der Waals surface area contributed by atoms with Crippen molar-refractivity contribution in [2.24, 2.45) is 0 Å². The summed E-state index contributed by atoms with van der Waals surface area (Å²) in [6.45, 7) is 0. The zero-order chi connectivity index (χ0) is 15.6. The van der Waals surface area contributed by atoms with Gasteiger partial charge in [-0.2, -0.15) is 13.2 Å².